The van der Waals surface area contributed by atoms with Crippen molar-refractivity contribution in [1.82, 2.24) is 0 Å². The second kappa shape index (κ2) is 5.32. The molecule has 1 aromatic rings. The number of carbonyl (C=O) groups is 1. The molecule has 0 saturated heterocycles. The maximum absolute atomic E-state index is 11.2. The highest BCUT2D eigenvalue weighted by Crippen LogP contribution is 2.26. The molecule has 0 radical (unpaired) electrons. The summed E-state index contributed by atoms with van der Waals surface area (Å²) in [5, 5.41) is 9.13. The summed E-state index contributed by atoms with van der Waals surface area (Å²) < 4.78 is 4.60. The number of rotatable bonds is 4. The molecule has 0 amide bonds. The van der Waals surface area contributed by atoms with Crippen LogP contribution in [0.5, 0.6) is 0 Å². The van der Waals surface area contributed by atoms with Crippen LogP contribution in [0.2, 0.25) is 0 Å². The Labute approximate surface area is 95.7 Å². The topological polar surface area (TPSA) is 50.1 Å². The molecule has 0 fully saturated rings. The number of nitriles is 1. The minimum Gasteiger partial charge on any atom is -0.469 e. The first-order valence-corrected chi connectivity index (χ1v) is 5.12. The molecule has 1 atom stereocenters. The van der Waals surface area contributed by atoms with Gasteiger partial charge in [0.05, 0.1) is 25.0 Å². The van der Waals surface area contributed by atoms with Crippen LogP contribution in [-0.4, -0.2) is 13.1 Å². The number of hydrogen-bond donors (Lipinski definition) is 0. The number of hydrogen-bond acceptors (Lipinski definition) is 3. The van der Waals surface area contributed by atoms with E-state index in [1.54, 1.807) is 6.92 Å². The van der Waals surface area contributed by atoms with Gasteiger partial charge in [-0.15, -0.1) is 0 Å². The molecule has 1 aromatic carbocycles. The van der Waals surface area contributed by atoms with E-state index in [0.29, 0.717) is 6.42 Å². The molecule has 0 aliphatic rings. The smallest absolute Gasteiger partial charge is 0.307 e. The second-order valence-electron chi connectivity index (χ2n) is 4.09. The summed E-state index contributed by atoms with van der Waals surface area (Å²) in [5.74, 6) is -0.347. The van der Waals surface area contributed by atoms with E-state index in [1.807, 2.05) is 30.3 Å². The third kappa shape index (κ3) is 3.39. The zero-order chi connectivity index (χ0) is 12.0. The van der Waals surface area contributed by atoms with E-state index in [-0.39, 0.29) is 12.4 Å². The van der Waals surface area contributed by atoms with Crippen molar-refractivity contribution in [1.29, 1.82) is 5.26 Å². The van der Waals surface area contributed by atoms with Gasteiger partial charge in [0.15, 0.2) is 0 Å². The summed E-state index contributed by atoms with van der Waals surface area (Å²) in [5.41, 5.74) is 0.351. The summed E-state index contributed by atoms with van der Waals surface area (Å²) in [7, 11) is 1.34. The van der Waals surface area contributed by atoms with E-state index in [1.165, 1.54) is 7.11 Å². The van der Waals surface area contributed by atoms with E-state index in [9.17, 15) is 4.79 Å². The summed E-state index contributed by atoms with van der Waals surface area (Å²) in [6.45, 7) is 1.77. The molecule has 0 N–H and O–H groups in total. The summed E-state index contributed by atoms with van der Waals surface area (Å²) in [4.78, 5) is 11.2. The van der Waals surface area contributed by atoms with Gasteiger partial charge in [-0.05, 0) is 18.9 Å². The Morgan fingerprint density at radius 2 is 2.06 bits per heavy atom. The van der Waals surface area contributed by atoms with Gasteiger partial charge in [0.25, 0.3) is 0 Å². The normalized spacial score (nSPS) is 13.6. The average molecular weight is 217 g/mol. The van der Waals surface area contributed by atoms with Crippen LogP contribution in [0.4, 0.5) is 0 Å². The minimum absolute atomic E-state index is 0.120. The Bertz CT molecular complexity index is 394. The van der Waals surface area contributed by atoms with E-state index < -0.39 is 5.41 Å². The zero-order valence-corrected chi connectivity index (χ0v) is 9.56. The fourth-order valence-corrected chi connectivity index (χ4v) is 1.58. The van der Waals surface area contributed by atoms with Gasteiger partial charge in [0.2, 0.25) is 0 Å². The van der Waals surface area contributed by atoms with Gasteiger partial charge in [-0.2, -0.15) is 5.26 Å². The molecule has 0 bridgehead atoms. The lowest BCUT2D eigenvalue weighted by Crippen LogP contribution is -2.22. The van der Waals surface area contributed by atoms with Gasteiger partial charge in [-0.3, -0.25) is 4.79 Å². The van der Waals surface area contributed by atoms with Crippen LogP contribution in [0.15, 0.2) is 30.3 Å². The summed E-state index contributed by atoms with van der Waals surface area (Å²) >= 11 is 0. The van der Waals surface area contributed by atoms with Gasteiger partial charge in [0.1, 0.15) is 0 Å². The predicted molar refractivity (Wildman–Crippen MR) is 60.5 cm³/mol. The maximum atomic E-state index is 11.2. The monoisotopic (exact) mass is 217 g/mol. The van der Waals surface area contributed by atoms with Crippen molar-refractivity contribution in [3.8, 4) is 6.07 Å². The largest absolute Gasteiger partial charge is 0.469 e. The first-order chi connectivity index (χ1) is 7.59. The van der Waals surface area contributed by atoms with Gasteiger partial charge in [0, 0.05) is 0 Å². The first kappa shape index (κ1) is 12.3. The molecule has 0 aromatic heterocycles. The number of benzene rings is 1. The van der Waals surface area contributed by atoms with Gasteiger partial charge in [-0.1, -0.05) is 30.3 Å². The molecule has 0 unspecified atom stereocenters. The molecule has 3 nitrogen and oxygen atoms in total. The van der Waals surface area contributed by atoms with E-state index in [4.69, 9.17) is 5.26 Å². The lowest BCUT2D eigenvalue weighted by atomic mass is 9.82. The molecule has 0 spiro atoms. The Kier molecular flexibility index (Phi) is 4.07. The van der Waals surface area contributed by atoms with E-state index in [2.05, 4.69) is 10.8 Å². The molecule has 0 aliphatic heterocycles. The highest BCUT2D eigenvalue weighted by Gasteiger charge is 2.28. The fourth-order valence-electron chi connectivity index (χ4n) is 1.58. The summed E-state index contributed by atoms with van der Waals surface area (Å²) in [6, 6.07) is 11.9. The van der Waals surface area contributed by atoms with Crippen LogP contribution in [0.3, 0.4) is 0 Å². The number of methoxy groups -OCH3 is 1. The molecule has 1 rings (SSSR count). The molecular formula is C13H15NO2. The van der Waals surface area contributed by atoms with Crippen LogP contribution in [0.25, 0.3) is 0 Å². The molecule has 0 heterocycles. The van der Waals surface area contributed by atoms with Crippen molar-refractivity contribution in [3.63, 3.8) is 0 Å². The van der Waals surface area contributed by atoms with Gasteiger partial charge < -0.3 is 4.74 Å². The lowest BCUT2D eigenvalue weighted by molar-refractivity contribution is -0.142. The van der Waals surface area contributed by atoms with E-state index >= 15 is 0 Å². The molecule has 3 heteroatoms. The Morgan fingerprint density at radius 3 is 2.56 bits per heavy atom. The van der Waals surface area contributed by atoms with Crippen molar-refractivity contribution in [2.45, 2.75) is 19.8 Å². The Hall–Kier alpha value is -1.82. The van der Waals surface area contributed by atoms with Crippen molar-refractivity contribution in [2.24, 2.45) is 5.41 Å². The highest BCUT2D eigenvalue weighted by molar-refractivity contribution is 5.70. The molecular weight excluding hydrogens is 202 g/mol. The first-order valence-electron chi connectivity index (χ1n) is 5.12. The number of nitrogens with zero attached hydrogens (tertiary/aromatic N) is 1. The zero-order valence-electron chi connectivity index (χ0n) is 9.56. The van der Waals surface area contributed by atoms with Gasteiger partial charge in [-0.25, -0.2) is 0 Å². The average Bonchev–Trinajstić information content (AvgIpc) is 2.30. The van der Waals surface area contributed by atoms with Crippen LogP contribution in [0.1, 0.15) is 18.9 Å². The maximum Gasteiger partial charge on any atom is 0.307 e. The summed E-state index contributed by atoms with van der Waals surface area (Å²) in [6.07, 6.45) is 0.675. The van der Waals surface area contributed by atoms with Gasteiger partial charge >= 0.3 is 5.97 Å². The Morgan fingerprint density at radius 1 is 1.44 bits per heavy atom. The van der Waals surface area contributed by atoms with Crippen LogP contribution in [0, 0.1) is 16.7 Å². The SMILES string of the molecule is COC(=O)C[C@](C)(C#N)Cc1ccccc1. The predicted octanol–water partition coefficient (Wildman–Crippen LogP) is 2.32. The highest BCUT2D eigenvalue weighted by atomic mass is 16.5. The Balaban J connectivity index is 2.75. The second-order valence-corrected chi connectivity index (χ2v) is 4.09. The quantitative estimate of drug-likeness (QED) is 0.727. The standard InChI is InChI=1S/C13H15NO2/c1-13(10-14,9-12(15)16-2)8-11-6-4-3-5-7-11/h3-7H,8-9H2,1-2H3/t13-/m1/s1. The van der Waals surface area contributed by atoms with Crippen molar-refractivity contribution in [3.05, 3.63) is 35.9 Å². The number of ether oxygens (including phenoxy) is 1. The molecule has 84 valence electrons. The molecule has 16 heavy (non-hydrogen) atoms. The number of esters is 1. The van der Waals surface area contributed by atoms with E-state index in [0.717, 1.165) is 5.56 Å². The lowest BCUT2D eigenvalue weighted by Gasteiger charge is -2.19. The molecule has 0 saturated carbocycles. The number of carbonyl (C=O) groups excluding carboxylic acids is 1. The van der Waals surface area contributed by atoms with Crippen LogP contribution in [-0.2, 0) is 16.0 Å². The third-order valence-electron chi connectivity index (χ3n) is 2.47. The molecule has 0 aliphatic carbocycles. The van der Waals surface area contributed by atoms with Crippen molar-refractivity contribution < 1.29 is 9.53 Å². The van der Waals surface area contributed by atoms with Crippen LogP contribution < -0.4 is 0 Å². The van der Waals surface area contributed by atoms with Crippen molar-refractivity contribution in [2.75, 3.05) is 7.11 Å². The third-order valence-corrected chi connectivity index (χ3v) is 2.47. The fraction of sp³-hybridized carbons (Fsp3) is 0.385. The minimum atomic E-state index is -0.700. The van der Waals surface area contributed by atoms with Crippen LogP contribution >= 0.6 is 0 Å². The van der Waals surface area contributed by atoms with Crippen molar-refractivity contribution >= 4 is 5.97 Å².